The van der Waals surface area contributed by atoms with Crippen LogP contribution < -0.4 is 10.1 Å². The average Bonchev–Trinajstić information content (AvgIpc) is 3.12. The number of furan rings is 1. The van der Waals surface area contributed by atoms with Crippen LogP contribution >= 0.6 is 15.9 Å². The van der Waals surface area contributed by atoms with Crippen molar-refractivity contribution >= 4 is 43.6 Å². The third-order valence-corrected chi connectivity index (χ3v) is 6.35. The molecule has 0 unspecified atom stereocenters. The third-order valence-electron chi connectivity index (χ3n) is 4.03. The number of hydrogen-bond donors (Lipinski definition) is 1. The van der Waals surface area contributed by atoms with Gasteiger partial charge in [0, 0.05) is 19.2 Å². The molecule has 3 rings (SSSR count). The van der Waals surface area contributed by atoms with Crippen molar-refractivity contribution in [1.29, 1.82) is 0 Å². The molecule has 1 amide bonds. The zero-order valence-electron chi connectivity index (χ0n) is 15.1. The van der Waals surface area contributed by atoms with Gasteiger partial charge in [0.15, 0.2) is 4.67 Å². The van der Waals surface area contributed by atoms with E-state index in [1.807, 2.05) is 0 Å². The van der Waals surface area contributed by atoms with Crippen molar-refractivity contribution in [3.63, 3.8) is 0 Å². The Kier molecular flexibility index (Phi) is 6.55. The van der Waals surface area contributed by atoms with Crippen LogP contribution in [0.2, 0.25) is 0 Å². The van der Waals surface area contributed by atoms with Crippen LogP contribution in [0.4, 0.5) is 5.69 Å². The molecule has 8 nitrogen and oxygen atoms in total. The van der Waals surface area contributed by atoms with E-state index in [4.69, 9.17) is 13.9 Å². The highest BCUT2D eigenvalue weighted by Gasteiger charge is 2.27. The summed E-state index contributed by atoms with van der Waals surface area (Å²) in [7, 11) is -2.25. The Hall–Kier alpha value is -2.14. The van der Waals surface area contributed by atoms with Crippen LogP contribution in [0.5, 0.6) is 5.75 Å². The Labute approximate surface area is 171 Å². The summed E-state index contributed by atoms with van der Waals surface area (Å²) in [6, 6.07) is 7.76. The lowest BCUT2D eigenvalue weighted by molar-refractivity contribution is -0.111. The fraction of sp³-hybridized carbons (Fsp3) is 0.278. The highest BCUT2D eigenvalue weighted by molar-refractivity contribution is 9.10. The fourth-order valence-corrected chi connectivity index (χ4v) is 4.39. The van der Waals surface area contributed by atoms with E-state index in [-0.39, 0.29) is 23.7 Å². The molecule has 1 aromatic heterocycles. The Morgan fingerprint density at radius 3 is 2.64 bits per heavy atom. The first kappa shape index (κ1) is 20.6. The molecule has 150 valence electrons. The number of halogens is 1. The minimum atomic E-state index is -3.69. The quantitative estimate of drug-likeness (QED) is 0.651. The maximum Gasteiger partial charge on any atom is 0.248 e. The highest BCUT2D eigenvalue weighted by Crippen LogP contribution is 2.29. The molecule has 1 aliphatic heterocycles. The number of benzene rings is 1. The molecule has 1 saturated heterocycles. The Balaban J connectivity index is 1.80. The topological polar surface area (TPSA) is 98.1 Å². The number of sulfonamides is 1. The van der Waals surface area contributed by atoms with Crippen molar-refractivity contribution in [3.05, 3.63) is 46.8 Å². The largest absolute Gasteiger partial charge is 0.495 e. The molecule has 1 aliphatic rings. The van der Waals surface area contributed by atoms with E-state index in [1.165, 1.54) is 41.8 Å². The molecule has 0 saturated carbocycles. The van der Waals surface area contributed by atoms with Gasteiger partial charge in [-0.3, -0.25) is 4.79 Å². The molecule has 1 N–H and O–H groups in total. The molecule has 2 heterocycles. The van der Waals surface area contributed by atoms with E-state index in [2.05, 4.69) is 21.2 Å². The lowest BCUT2D eigenvalue weighted by atomic mass is 10.3. The molecule has 28 heavy (non-hydrogen) atoms. The SMILES string of the molecule is COc1ccc(S(=O)(=O)N2CCOCC2)cc1NC(=O)C=Cc1ccc(Br)o1. The minimum Gasteiger partial charge on any atom is -0.495 e. The van der Waals surface area contributed by atoms with Gasteiger partial charge in [0.05, 0.1) is 30.9 Å². The second-order valence-corrected chi connectivity index (χ2v) is 8.56. The van der Waals surface area contributed by atoms with Crippen molar-refractivity contribution in [3.8, 4) is 5.75 Å². The second kappa shape index (κ2) is 8.91. The van der Waals surface area contributed by atoms with Gasteiger partial charge in [-0.2, -0.15) is 4.31 Å². The summed E-state index contributed by atoms with van der Waals surface area (Å²) in [5.74, 6) is 0.396. The van der Waals surface area contributed by atoms with Gasteiger partial charge >= 0.3 is 0 Å². The van der Waals surface area contributed by atoms with E-state index in [0.29, 0.717) is 29.4 Å². The number of anilines is 1. The van der Waals surface area contributed by atoms with Crippen LogP contribution in [0, 0.1) is 0 Å². The van der Waals surface area contributed by atoms with Crippen LogP contribution in [0.25, 0.3) is 6.08 Å². The van der Waals surface area contributed by atoms with Gasteiger partial charge in [0.1, 0.15) is 11.5 Å². The second-order valence-electron chi connectivity index (χ2n) is 5.84. The number of carbonyl (C=O) groups excluding carboxylic acids is 1. The number of nitrogens with one attached hydrogen (secondary N) is 1. The van der Waals surface area contributed by atoms with Crippen LogP contribution in [-0.2, 0) is 19.6 Å². The van der Waals surface area contributed by atoms with E-state index in [9.17, 15) is 13.2 Å². The first-order valence-corrected chi connectivity index (χ1v) is 10.6. The summed E-state index contributed by atoms with van der Waals surface area (Å²) in [4.78, 5) is 12.3. The minimum absolute atomic E-state index is 0.0736. The molecule has 10 heteroatoms. The monoisotopic (exact) mass is 470 g/mol. The van der Waals surface area contributed by atoms with Crippen molar-refractivity contribution in [2.75, 3.05) is 38.7 Å². The lowest BCUT2D eigenvalue weighted by Crippen LogP contribution is -2.40. The first-order valence-electron chi connectivity index (χ1n) is 8.40. The van der Waals surface area contributed by atoms with E-state index in [0.717, 1.165) is 0 Å². The van der Waals surface area contributed by atoms with E-state index < -0.39 is 15.9 Å². The highest BCUT2D eigenvalue weighted by atomic mass is 79.9. The molecule has 0 atom stereocenters. The number of methoxy groups -OCH3 is 1. The standard InChI is InChI=1S/C18H19BrN2O6S/c1-25-16-5-4-14(28(23,24)21-8-10-26-11-9-21)12-15(16)20-18(22)7-3-13-2-6-17(19)27-13/h2-7,12H,8-11H2,1H3,(H,20,22). The van der Waals surface area contributed by atoms with Crippen molar-refractivity contribution < 1.29 is 27.1 Å². The molecule has 2 aromatic rings. The van der Waals surface area contributed by atoms with Crippen LogP contribution in [0.15, 0.2) is 50.4 Å². The molecule has 0 aliphatic carbocycles. The zero-order chi connectivity index (χ0) is 20.1. The predicted octanol–water partition coefficient (Wildman–Crippen LogP) is 2.72. The van der Waals surface area contributed by atoms with E-state index in [1.54, 1.807) is 12.1 Å². The number of hydrogen-bond acceptors (Lipinski definition) is 6. The molecule has 1 aromatic carbocycles. The normalized spacial score (nSPS) is 15.6. The van der Waals surface area contributed by atoms with Gasteiger partial charge in [-0.05, 0) is 52.3 Å². The van der Waals surface area contributed by atoms with Crippen molar-refractivity contribution in [2.24, 2.45) is 0 Å². The summed E-state index contributed by atoms with van der Waals surface area (Å²) in [5.41, 5.74) is 0.257. The van der Waals surface area contributed by atoms with Crippen molar-refractivity contribution in [1.82, 2.24) is 4.31 Å². The number of ether oxygens (including phenoxy) is 2. The van der Waals surface area contributed by atoms with Gasteiger partial charge in [-0.1, -0.05) is 0 Å². The Morgan fingerprint density at radius 1 is 1.25 bits per heavy atom. The molecule has 0 bridgehead atoms. The van der Waals surface area contributed by atoms with Crippen LogP contribution in [0.3, 0.4) is 0 Å². The van der Waals surface area contributed by atoms with Crippen LogP contribution in [-0.4, -0.2) is 52.0 Å². The lowest BCUT2D eigenvalue weighted by Gasteiger charge is -2.26. The number of morpholine rings is 1. The fourth-order valence-electron chi connectivity index (χ4n) is 2.63. The van der Waals surface area contributed by atoms with Crippen LogP contribution in [0.1, 0.15) is 5.76 Å². The number of rotatable bonds is 6. The summed E-state index contributed by atoms with van der Waals surface area (Å²) in [6.07, 6.45) is 2.79. The molecular formula is C18H19BrN2O6S. The maximum absolute atomic E-state index is 12.8. The van der Waals surface area contributed by atoms with E-state index >= 15 is 0 Å². The Morgan fingerprint density at radius 2 is 2.00 bits per heavy atom. The zero-order valence-corrected chi connectivity index (χ0v) is 17.5. The van der Waals surface area contributed by atoms with Gasteiger partial charge < -0.3 is 19.2 Å². The molecule has 0 spiro atoms. The number of amides is 1. The van der Waals surface area contributed by atoms with Crippen molar-refractivity contribution in [2.45, 2.75) is 4.90 Å². The number of carbonyl (C=O) groups is 1. The van der Waals surface area contributed by atoms with Gasteiger partial charge in [-0.25, -0.2) is 8.42 Å². The van der Waals surface area contributed by atoms with Gasteiger partial charge in [0.25, 0.3) is 0 Å². The Bertz CT molecular complexity index is 980. The summed E-state index contributed by atoms with van der Waals surface area (Å²) >= 11 is 3.18. The summed E-state index contributed by atoms with van der Waals surface area (Å²) < 4.78 is 43.3. The molecular weight excluding hydrogens is 452 g/mol. The first-order chi connectivity index (χ1) is 13.4. The van der Waals surface area contributed by atoms with Gasteiger partial charge in [0.2, 0.25) is 15.9 Å². The third kappa shape index (κ3) is 4.82. The summed E-state index contributed by atoms with van der Waals surface area (Å²) in [6.45, 7) is 1.29. The average molecular weight is 471 g/mol. The smallest absolute Gasteiger partial charge is 0.248 e. The molecule has 0 radical (unpaired) electrons. The van der Waals surface area contributed by atoms with Gasteiger partial charge in [-0.15, -0.1) is 0 Å². The number of nitrogens with zero attached hydrogens (tertiary/aromatic N) is 1. The molecule has 1 fully saturated rings. The predicted molar refractivity (Wildman–Crippen MR) is 107 cm³/mol. The maximum atomic E-state index is 12.8. The summed E-state index contributed by atoms with van der Waals surface area (Å²) in [5, 5.41) is 2.64.